The molecule has 4 unspecified atom stereocenters. The maximum absolute atomic E-state index is 5.62. The zero-order chi connectivity index (χ0) is 10.3. The Bertz CT molecular complexity index is 217. The van der Waals surface area contributed by atoms with E-state index in [2.05, 4.69) is 9.80 Å². The molecule has 4 heterocycles. The van der Waals surface area contributed by atoms with Gasteiger partial charge in [0.1, 0.15) is 0 Å². The Labute approximate surface area is 92.6 Å². The quantitative estimate of drug-likeness (QED) is 0.728. The average molecular weight is 209 g/mol. The average Bonchev–Trinajstić information content (AvgIpc) is 2.40. The summed E-state index contributed by atoms with van der Waals surface area (Å²) in [5, 5.41) is 0. The number of hydrogen-bond donors (Lipinski definition) is 1. The molecule has 4 saturated heterocycles. The molecule has 4 atom stereocenters. The highest BCUT2D eigenvalue weighted by Gasteiger charge is 2.41. The van der Waals surface area contributed by atoms with Crippen LogP contribution < -0.4 is 5.73 Å². The lowest BCUT2D eigenvalue weighted by Crippen LogP contribution is -2.49. The third-order valence-corrected chi connectivity index (χ3v) is 4.43. The summed E-state index contributed by atoms with van der Waals surface area (Å²) in [6.07, 6.45) is 4.12. The van der Waals surface area contributed by atoms with Crippen LogP contribution in [0.1, 0.15) is 19.3 Å². The van der Waals surface area contributed by atoms with Crippen LogP contribution in [-0.2, 0) is 0 Å². The van der Waals surface area contributed by atoms with Gasteiger partial charge < -0.3 is 10.6 Å². The van der Waals surface area contributed by atoms with Gasteiger partial charge >= 0.3 is 0 Å². The second-order valence-corrected chi connectivity index (χ2v) is 5.71. The zero-order valence-corrected chi connectivity index (χ0v) is 9.57. The van der Waals surface area contributed by atoms with Gasteiger partial charge in [0.05, 0.1) is 0 Å². The Morgan fingerprint density at radius 3 is 2.67 bits per heavy atom. The molecule has 2 N–H and O–H groups in total. The van der Waals surface area contributed by atoms with Crippen LogP contribution in [0.15, 0.2) is 0 Å². The largest absolute Gasteiger partial charge is 0.330 e. The molecule has 4 rings (SSSR count). The van der Waals surface area contributed by atoms with Crippen LogP contribution in [0.4, 0.5) is 0 Å². The van der Waals surface area contributed by atoms with Crippen LogP contribution >= 0.6 is 0 Å². The van der Waals surface area contributed by atoms with Crippen molar-refractivity contribution < 1.29 is 0 Å². The molecule has 3 nitrogen and oxygen atoms in total. The van der Waals surface area contributed by atoms with E-state index in [9.17, 15) is 0 Å². The normalized spacial score (nSPS) is 44.6. The molecule has 0 aromatic heterocycles. The van der Waals surface area contributed by atoms with Gasteiger partial charge in [0.2, 0.25) is 0 Å². The second-order valence-electron chi connectivity index (χ2n) is 5.71. The molecule has 0 amide bonds. The van der Waals surface area contributed by atoms with Gasteiger partial charge in [-0.3, -0.25) is 4.90 Å². The summed E-state index contributed by atoms with van der Waals surface area (Å²) in [6, 6.07) is 0.850. The number of hydrogen-bond acceptors (Lipinski definition) is 3. The van der Waals surface area contributed by atoms with Crippen LogP contribution in [0.2, 0.25) is 0 Å². The molecule has 4 fully saturated rings. The highest BCUT2D eigenvalue weighted by molar-refractivity contribution is 4.95. The molecule has 4 bridgehead atoms. The summed E-state index contributed by atoms with van der Waals surface area (Å²) in [7, 11) is 0. The summed E-state index contributed by atoms with van der Waals surface area (Å²) in [4.78, 5) is 5.44. The van der Waals surface area contributed by atoms with Gasteiger partial charge in [-0.1, -0.05) is 0 Å². The highest BCUT2D eigenvalue weighted by Crippen LogP contribution is 2.36. The third kappa shape index (κ3) is 1.93. The van der Waals surface area contributed by atoms with E-state index >= 15 is 0 Å². The first kappa shape index (κ1) is 10.1. The smallest absolute Gasteiger partial charge is 0.0226 e. The van der Waals surface area contributed by atoms with Gasteiger partial charge in [0.15, 0.2) is 0 Å². The molecule has 3 heteroatoms. The van der Waals surface area contributed by atoms with Gasteiger partial charge in [-0.25, -0.2) is 0 Å². The SMILES string of the molecule is NCCCN1CC2CC3CC1CN(C3)C2. The summed E-state index contributed by atoms with van der Waals surface area (Å²) in [6.45, 7) is 7.51. The predicted octanol–water partition coefficient (Wildman–Crippen LogP) is 0.361. The Balaban J connectivity index is 1.71. The molecule has 86 valence electrons. The van der Waals surface area contributed by atoms with E-state index in [-0.39, 0.29) is 0 Å². The van der Waals surface area contributed by atoms with Crippen molar-refractivity contribution in [2.75, 3.05) is 39.3 Å². The minimum absolute atomic E-state index is 0.848. The lowest BCUT2D eigenvalue weighted by Gasteiger charge is -2.41. The molecule has 0 saturated carbocycles. The zero-order valence-electron chi connectivity index (χ0n) is 9.57. The fraction of sp³-hybridized carbons (Fsp3) is 1.00. The van der Waals surface area contributed by atoms with Gasteiger partial charge in [-0.2, -0.15) is 0 Å². The number of nitrogens with two attached hydrogens (primary N) is 1. The van der Waals surface area contributed by atoms with E-state index in [4.69, 9.17) is 5.73 Å². The Morgan fingerprint density at radius 1 is 1.00 bits per heavy atom. The number of fused-ring (bicyclic) bond motifs is 1. The third-order valence-electron chi connectivity index (χ3n) is 4.43. The molecule has 0 aliphatic carbocycles. The maximum atomic E-state index is 5.62. The summed E-state index contributed by atoms with van der Waals surface area (Å²) < 4.78 is 0. The van der Waals surface area contributed by atoms with Crippen molar-refractivity contribution in [1.82, 2.24) is 9.80 Å². The Kier molecular flexibility index (Phi) is 2.71. The van der Waals surface area contributed by atoms with Gasteiger partial charge in [-0.05, 0) is 44.2 Å². The minimum Gasteiger partial charge on any atom is -0.330 e. The van der Waals surface area contributed by atoms with Gasteiger partial charge in [-0.15, -0.1) is 0 Å². The molecular formula is C12H23N3. The summed E-state index contributed by atoms with van der Waals surface area (Å²) >= 11 is 0. The Morgan fingerprint density at radius 2 is 1.87 bits per heavy atom. The summed E-state index contributed by atoms with van der Waals surface area (Å²) in [5.41, 5.74) is 5.62. The van der Waals surface area contributed by atoms with Crippen LogP contribution in [0.5, 0.6) is 0 Å². The van der Waals surface area contributed by atoms with E-state index in [1.54, 1.807) is 0 Å². The fourth-order valence-corrected chi connectivity index (χ4v) is 3.95. The standard InChI is InChI=1S/C12H23N3/c13-2-1-3-15-8-11-4-10-5-12(15)9-14(6-10)7-11/h10-12H,1-9,13H2. The van der Waals surface area contributed by atoms with Crippen molar-refractivity contribution in [2.24, 2.45) is 17.6 Å². The summed E-state index contributed by atoms with van der Waals surface area (Å²) in [5.74, 6) is 1.96. The van der Waals surface area contributed by atoms with E-state index in [0.29, 0.717) is 0 Å². The fourth-order valence-electron chi connectivity index (χ4n) is 3.95. The minimum atomic E-state index is 0.848. The first-order valence-corrected chi connectivity index (χ1v) is 6.51. The molecule has 0 aromatic rings. The number of rotatable bonds is 3. The maximum Gasteiger partial charge on any atom is 0.0226 e. The molecule has 0 spiro atoms. The van der Waals surface area contributed by atoms with Crippen LogP contribution in [0, 0.1) is 11.8 Å². The van der Waals surface area contributed by atoms with Crippen molar-refractivity contribution in [3.05, 3.63) is 0 Å². The molecule has 0 aromatic carbocycles. The first-order valence-electron chi connectivity index (χ1n) is 6.51. The Hall–Kier alpha value is -0.120. The van der Waals surface area contributed by atoms with Crippen molar-refractivity contribution in [1.29, 1.82) is 0 Å². The number of nitrogens with zero attached hydrogens (tertiary/aromatic N) is 2. The van der Waals surface area contributed by atoms with Gasteiger partial charge in [0, 0.05) is 32.2 Å². The van der Waals surface area contributed by atoms with Crippen molar-refractivity contribution in [2.45, 2.75) is 25.3 Å². The van der Waals surface area contributed by atoms with Crippen molar-refractivity contribution in [3.8, 4) is 0 Å². The highest BCUT2D eigenvalue weighted by atomic mass is 15.3. The van der Waals surface area contributed by atoms with E-state index in [0.717, 1.165) is 24.4 Å². The van der Waals surface area contributed by atoms with E-state index in [1.165, 1.54) is 52.0 Å². The van der Waals surface area contributed by atoms with Crippen molar-refractivity contribution >= 4 is 0 Å². The van der Waals surface area contributed by atoms with E-state index in [1.807, 2.05) is 0 Å². The van der Waals surface area contributed by atoms with E-state index < -0.39 is 0 Å². The van der Waals surface area contributed by atoms with Gasteiger partial charge in [0.25, 0.3) is 0 Å². The van der Waals surface area contributed by atoms with Crippen LogP contribution in [-0.4, -0.2) is 55.1 Å². The topological polar surface area (TPSA) is 32.5 Å². The van der Waals surface area contributed by atoms with Crippen LogP contribution in [0.3, 0.4) is 0 Å². The monoisotopic (exact) mass is 209 g/mol. The second kappa shape index (κ2) is 4.04. The number of piperidine rings is 2. The first-order chi connectivity index (χ1) is 7.35. The molecule has 15 heavy (non-hydrogen) atoms. The lowest BCUT2D eigenvalue weighted by atomic mass is 9.84. The molecule has 4 aliphatic heterocycles. The molecular weight excluding hydrogens is 186 g/mol. The molecule has 4 aliphatic rings. The van der Waals surface area contributed by atoms with Crippen LogP contribution in [0.25, 0.3) is 0 Å². The predicted molar refractivity (Wildman–Crippen MR) is 61.7 cm³/mol. The molecule has 0 radical (unpaired) electrons. The van der Waals surface area contributed by atoms with Crippen molar-refractivity contribution in [3.63, 3.8) is 0 Å². The lowest BCUT2D eigenvalue weighted by molar-refractivity contribution is 0.0795.